The zero-order chi connectivity index (χ0) is 21.1. The van der Waals surface area contributed by atoms with E-state index in [2.05, 4.69) is 11.6 Å². The van der Waals surface area contributed by atoms with Gasteiger partial charge in [0.2, 0.25) is 0 Å². The molecule has 0 saturated heterocycles. The number of hydrogen-bond acceptors (Lipinski definition) is 5. The molecular formula is C24H20N2O4. The number of aldehydes is 1. The maximum absolute atomic E-state index is 11.3. The number of ether oxygens (including phenoxy) is 2. The van der Waals surface area contributed by atoms with Crippen molar-refractivity contribution in [3.8, 4) is 22.8 Å². The standard InChI is InChI=1S/C24H20N2O4/c1-15(29-2)20-11-10-16(14-30-23-9-5-8-22(28)19(23)13-27)24(26-20)18-12-25-21-7-4-3-6-17(18)21/h3-13,25,28H,1,14H2,2H3. The van der Waals surface area contributed by atoms with Crippen LogP contribution in [0.15, 0.2) is 67.4 Å². The molecule has 0 fully saturated rings. The van der Waals surface area contributed by atoms with Crippen molar-refractivity contribution < 1.29 is 19.4 Å². The van der Waals surface area contributed by atoms with Crippen molar-refractivity contribution in [2.75, 3.05) is 7.11 Å². The Balaban J connectivity index is 1.77. The van der Waals surface area contributed by atoms with Crippen molar-refractivity contribution in [1.29, 1.82) is 0 Å². The third kappa shape index (κ3) is 3.51. The van der Waals surface area contributed by atoms with E-state index in [1.54, 1.807) is 19.2 Å². The highest BCUT2D eigenvalue weighted by Gasteiger charge is 2.16. The molecule has 0 aliphatic rings. The third-order valence-corrected chi connectivity index (χ3v) is 4.90. The van der Waals surface area contributed by atoms with Crippen LogP contribution in [-0.4, -0.2) is 28.5 Å². The Bertz CT molecular complexity index is 1240. The lowest BCUT2D eigenvalue weighted by Crippen LogP contribution is -2.03. The molecule has 6 heteroatoms. The number of benzene rings is 2. The summed E-state index contributed by atoms with van der Waals surface area (Å²) in [6.45, 7) is 4.05. The number of rotatable bonds is 7. The topological polar surface area (TPSA) is 84.4 Å². The smallest absolute Gasteiger partial charge is 0.157 e. The first-order chi connectivity index (χ1) is 14.6. The van der Waals surface area contributed by atoms with Crippen LogP contribution in [0.4, 0.5) is 0 Å². The number of phenolic OH excluding ortho intramolecular Hbond substituents is 1. The molecule has 0 saturated carbocycles. The van der Waals surface area contributed by atoms with Gasteiger partial charge in [-0.15, -0.1) is 0 Å². The summed E-state index contributed by atoms with van der Waals surface area (Å²) >= 11 is 0. The second-order valence-corrected chi connectivity index (χ2v) is 6.67. The highest BCUT2D eigenvalue weighted by molar-refractivity contribution is 5.95. The Morgan fingerprint density at radius 1 is 1.17 bits per heavy atom. The van der Waals surface area contributed by atoms with Crippen LogP contribution in [0.5, 0.6) is 11.5 Å². The number of methoxy groups -OCH3 is 1. The Morgan fingerprint density at radius 2 is 2.00 bits per heavy atom. The first-order valence-electron chi connectivity index (χ1n) is 9.32. The van der Waals surface area contributed by atoms with Gasteiger partial charge in [0.15, 0.2) is 6.29 Å². The number of para-hydroxylation sites is 1. The molecule has 0 spiro atoms. The largest absolute Gasteiger partial charge is 0.507 e. The van der Waals surface area contributed by atoms with Crippen molar-refractivity contribution in [2.24, 2.45) is 0 Å². The van der Waals surface area contributed by atoms with Crippen LogP contribution in [0.2, 0.25) is 0 Å². The van der Waals surface area contributed by atoms with Crippen molar-refractivity contribution in [3.63, 3.8) is 0 Å². The van der Waals surface area contributed by atoms with Gasteiger partial charge in [-0.2, -0.15) is 0 Å². The summed E-state index contributed by atoms with van der Waals surface area (Å²) in [7, 11) is 1.55. The van der Waals surface area contributed by atoms with Gasteiger partial charge in [-0.05, 0) is 24.3 Å². The minimum absolute atomic E-state index is 0.114. The maximum atomic E-state index is 11.3. The summed E-state index contributed by atoms with van der Waals surface area (Å²) in [5, 5.41) is 10.9. The quantitative estimate of drug-likeness (QED) is 0.339. The number of aromatic amines is 1. The van der Waals surface area contributed by atoms with E-state index < -0.39 is 0 Å². The number of nitrogens with zero attached hydrogens (tertiary/aromatic N) is 1. The van der Waals surface area contributed by atoms with Crippen LogP contribution in [0.1, 0.15) is 21.6 Å². The number of H-pyrrole nitrogens is 1. The van der Waals surface area contributed by atoms with Crippen LogP contribution in [0.3, 0.4) is 0 Å². The number of pyridine rings is 1. The number of aromatic nitrogens is 2. The van der Waals surface area contributed by atoms with Crippen molar-refractivity contribution in [2.45, 2.75) is 6.61 Å². The van der Waals surface area contributed by atoms with E-state index in [4.69, 9.17) is 14.5 Å². The minimum Gasteiger partial charge on any atom is -0.507 e. The fourth-order valence-corrected chi connectivity index (χ4v) is 3.30. The highest BCUT2D eigenvalue weighted by atomic mass is 16.5. The van der Waals surface area contributed by atoms with E-state index in [1.165, 1.54) is 6.07 Å². The molecule has 4 aromatic rings. The molecule has 4 rings (SSSR count). The lowest BCUT2D eigenvalue weighted by atomic mass is 10.0. The summed E-state index contributed by atoms with van der Waals surface area (Å²) in [4.78, 5) is 19.4. The van der Waals surface area contributed by atoms with Gasteiger partial charge in [-0.3, -0.25) is 4.79 Å². The monoisotopic (exact) mass is 400 g/mol. The summed E-state index contributed by atoms with van der Waals surface area (Å²) in [6.07, 6.45) is 2.48. The number of nitrogens with one attached hydrogen (secondary N) is 1. The molecule has 2 aromatic heterocycles. The fourth-order valence-electron chi connectivity index (χ4n) is 3.30. The fraction of sp³-hybridized carbons (Fsp3) is 0.0833. The maximum Gasteiger partial charge on any atom is 0.157 e. The van der Waals surface area contributed by atoms with E-state index in [9.17, 15) is 9.90 Å². The first kappa shape index (κ1) is 19.3. The van der Waals surface area contributed by atoms with Crippen molar-refractivity contribution in [3.05, 3.63) is 84.2 Å². The lowest BCUT2D eigenvalue weighted by Gasteiger charge is -2.14. The average Bonchev–Trinajstić information content (AvgIpc) is 3.21. The molecular weight excluding hydrogens is 380 g/mol. The number of carbonyl (C=O) groups is 1. The van der Waals surface area contributed by atoms with E-state index in [1.807, 2.05) is 42.6 Å². The summed E-state index contributed by atoms with van der Waals surface area (Å²) < 4.78 is 11.1. The molecule has 2 aromatic carbocycles. The second kappa shape index (κ2) is 8.13. The van der Waals surface area contributed by atoms with Crippen LogP contribution in [-0.2, 0) is 11.3 Å². The number of aromatic hydroxyl groups is 1. The molecule has 0 aliphatic carbocycles. The van der Waals surface area contributed by atoms with Crippen LogP contribution >= 0.6 is 0 Å². The molecule has 0 bridgehead atoms. The van der Waals surface area contributed by atoms with Crippen LogP contribution in [0, 0.1) is 0 Å². The summed E-state index contributed by atoms with van der Waals surface area (Å²) in [6, 6.07) is 16.4. The summed E-state index contributed by atoms with van der Waals surface area (Å²) in [5.41, 5.74) is 4.18. The Kier molecular flexibility index (Phi) is 5.22. The minimum atomic E-state index is -0.121. The average molecular weight is 400 g/mol. The van der Waals surface area contributed by atoms with Gasteiger partial charge in [0.25, 0.3) is 0 Å². The SMILES string of the molecule is C=C(OC)c1ccc(COc2cccc(O)c2C=O)c(-c2c[nH]c3ccccc23)n1. The molecule has 2 heterocycles. The van der Waals surface area contributed by atoms with Gasteiger partial charge in [0, 0.05) is 28.2 Å². The molecule has 2 N–H and O–H groups in total. The van der Waals surface area contributed by atoms with Gasteiger partial charge in [-0.1, -0.05) is 36.9 Å². The van der Waals surface area contributed by atoms with E-state index in [0.29, 0.717) is 23.5 Å². The van der Waals surface area contributed by atoms with Crippen molar-refractivity contribution >= 4 is 22.9 Å². The normalized spacial score (nSPS) is 10.7. The summed E-state index contributed by atoms with van der Waals surface area (Å²) in [5.74, 6) is 0.643. The molecule has 0 atom stereocenters. The van der Waals surface area contributed by atoms with Gasteiger partial charge in [-0.25, -0.2) is 4.98 Å². The highest BCUT2D eigenvalue weighted by Crippen LogP contribution is 2.32. The van der Waals surface area contributed by atoms with E-state index in [-0.39, 0.29) is 17.9 Å². The van der Waals surface area contributed by atoms with Gasteiger partial charge in [0.05, 0.1) is 18.4 Å². The second-order valence-electron chi connectivity index (χ2n) is 6.67. The van der Waals surface area contributed by atoms with Crippen LogP contribution in [0.25, 0.3) is 27.9 Å². The van der Waals surface area contributed by atoms with E-state index >= 15 is 0 Å². The molecule has 6 nitrogen and oxygen atoms in total. The zero-order valence-corrected chi connectivity index (χ0v) is 16.4. The number of fused-ring (bicyclic) bond motifs is 1. The van der Waals surface area contributed by atoms with Crippen LogP contribution < -0.4 is 4.74 Å². The Hall–Kier alpha value is -4.06. The first-order valence-corrected chi connectivity index (χ1v) is 9.32. The predicted octanol–water partition coefficient (Wildman–Crippen LogP) is 4.94. The molecule has 0 amide bonds. The predicted molar refractivity (Wildman–Crippen MR) is 115 cm³/mol. The lowest BCUT2D eigenvalue weighted by molar-refractivity contribution is 0.111. The molecule has 0 radical (unpaired) electrons. The number of hydrogen-bond donors (Lipinski definition) is 2. The number of phenols is 1. The Morgan fingerprint density at radius 3 is 2.80 bits per heavy atom. The van der Waals surface area contributed by atoms with Crippen molar-refractivity contribution in [1.82, 2.24) is 9.97 Å². The third-order valence-electron chi connectivity index (χ3n) is 4.90. The van der Waals surface area contributed by atoms with E-state index in [0.717, 1.165) is 27.7 Å². The number of carbonyl (C=O) groups excluding carboxylic acids is 1. The zero-order valence-electron chi connectivity index (χ0n) is 16.4. The van der Waals surface area contributed by atoms with Gasteiger partial charge >= 0.3 is 0 Å². The molecule has 0 aliphatic heterocycles. The molecule has 30 heavy (non-hydrogen) atoms. The molecule has 0 unspecified atom stereocenters. The Labute approximate surface area is 173 Å². The van der Waals surface area contributed by atoms with Gasteiger partial charge < -0.3 is 19.6 Å². The molecule has 150 valence electrons. The van der Waals surface area contributed by atoms with Gasteiger partial charge in [0.1, 0.15) is 29.6 Å².